The van der Waals surface area contributed by atoms with Crippen LogP contribution in [0.1, 0.15) is 24.0 Å². The highest BCUT2D eigenvalue weighted by atomic mass is 16.6. The largest absolute Gasteiger partial charge is 0.486 e. The summed E-state index contributed by atoms with van der Waals surface area (Å²) in [6.07, 6.45) is 2.42. The van der Waals surface area contributed by atoms with Gasteiger partial charge in [0.15, 0.2) is 11.5 Å². The van der Waals surface area contributed by atoms with E-state index in [-0.39, 0.29) is 17.7 Å². The Balaban J connectivity index is 1.37. The summed E-state index contributed by atoms with van der Waals surface area (Å²) in [5.74, 6) is 2.11. The molecule has 2 heterocycles. The van der Waals surface area contributed by atoms with Gasteiger partial charge in [-0.3, -0.25) is 9.59 Å². The van der Waals surface area contributed by atoms with Crippen LogP contribution in [0.5, 0.6) is 11.5 Å². The van der Waals surface area contributed by atoms with Crippen LogP contribution in [0.25, 0.3) is 0 Å². The van der Waals surface area contributed by atoms with Crippen molar-refractivity contribution in [3.8, 4) is 11.5 Å². The van der Waals surface area contributed by atoms with Gasteiger partial charge in [0.1, 0.15) is 13.2 Å². The fourth-order valence-corrected chi connectivity index (χ4v) is 3.46. The standard InChI is InChI=1S/C19H24N2O4/c1-13-10-16-17(25-9-8-24-16)11-15(13)12-18(22)20-4-6-21(7-5-20)19(23)14-2-3-14/h10-11,14H,2-9,12H2,1H3. The van der Waals surface area contributed by atoms with E-state index in [1.165, 1.54) is 0 Å². The quantitative estimate of drug-likeness (QED) is 0.831. The van der Waals surface area contributed by atoms with E-state index in [1.54, 1.807) is 0 Å². The first-order chi connectivity index (χ1) is 12.1. The summed E-state index contributed by atoms with van der Waals surface area (Å²) in [5, 5.41) is 0. The fraction of sp³-hybridized carbons (Fsp3) is 0.579. The zero-order chi connectivity index (χ0) is 17.4. The van der Waals surface area contributed by atoms with Gasteiger partial charge in [0.25, 0.3) is 0 Å². The second kappa shape index (κ2) is 6.58. The molecule has 2 aliphatic heterocycles. The van der Waals surface area contributed by atoms with E-state index in [0.29, 0.717) is 45.8 Å². The Bertz CT molecular complexity index is 691. The van der Waals surface area contributed by atoms with Crippen molar-refractivity contribution < 1.29 is 19.1 Å². The summed E-state index contributed by atoms with van der Waals surface area (Å²) in [6, 6.07) is 3.87. The summed E-state index contributed by atoms with van der Waals surface area (Å²) in [5.41, 5.74) is 2.02. The molecule has 134 valence electrons. The molecule has 25 heavy (non-hydrogen) atoms. The third-order valence-electron chi connectivity index (χ3n) is 5.21. The van der Waals surface area contributed by atoms with Crippen LogP contribution in [-0.2, 0) is 16.0 Å². The van der Waals surface area contributed by atoms with Crippen molar-refractivity contribution in [2.75, 3.05) is 39.4 Å². The maximum atomic E-state index is 12.7. The molecule has 0 unspecified atom stereocenters. The van der Waals surface area contributed by atoms with Crippen LogP contribution in [0.2, 0.25) is 0 Å². The maximum Gasteiger partial charge on any atom is 0.227 e. The van der Waals surface area contributed by atoms with Gasteiger partial charge in [-0.25, -0.2) is 0 Å². The molecule has 0 bridgehead atoms. The van der Waals surface area contributed by atoms with Crippen molar-refractivity contribution >= 4 is 11.8 Å². The van der Waals surface area contributed by atoms with Crippen LogP contribution >= 0.6 is 0 Å². The molecule has 0 aromatic heterocycles. The summed E-state index contributed by atoms with van der Waals surface area (Å²) >= 11 is 0. The molecule has 6 nitrogen and oxygen atoms in total. The smallest absolute Gasteiger partial charge is 0.227 e. The van der Waals surface area contributed by atoms with E-state index in [2.05, 4.69) is 0 Å². The third-order valence-corrected chi connectivity index (χ3v) is 5.21. The van der Waals surface area contributed by atoms with Crippen molar-refractivity contribution in [2.45, 2.75) is 26.2 Å². The molecular formula is C19H24N2O4. The molecule has 3 aliphatic rings. The molecule has 0 radical (unpaired) electrons. The number of aryl methyl sites for hydroxylation is 1. The average Bonchev–Trinajstić information content (AvgIpc) is 3.47. The predicted octanol–water partition coefficient (Wildman–Crippen LogP) is 1.39. The first-order valence-corrected chi connectivity index (χ1v) is 9.07. The van der Waals surface area contributed by atoms with Gasteiger partial charge < -0.3 is 19.3 Å². The van der Waals surface area contributed by atoms with Crippen LogP contribution in [0.15, 0.2) is 12.1 Å². The second-order valence-corrected chi connectivity index (χ2v) is 7.08. The summed E-state index contributed by atoms with van der Waals surface area (Å²) in [6.45, 7) is 5.66. The number of hydrogen-bond acceptors (Lipinski definition) is 4. The zero-order valence-electron chi connectivity index (χ0n) is 14.6. The molecule has 0 N–H and O–H groups in total. The van der Waals surface area contributed by atoms with E-state index in [9.17, 15) is 9.59 Å². The SMILES string of the molecule is Cc1cc2c(cc1CC(=O)N1CCN(C(=O)C3CC3)CC1)OCCO2. The molecular weight excluding hydrogens is 320 g/mol. The minimum absolute atomic E-state index is 0.110. The highest BCUT2D eigenvalue weighted by Crippen LogP contribution is 2.33. The first kappa shape index (κ1) is 16.2. The van der Waals surface area contributed by atoms with E-state index in [1.807, 2.05) is 28.9 Å². The zero-order valence-corrected chi connectivity index (χ0v) is 14.6. The summed E-state index contributed by atoms with van der Waals surface area (Å²) in [7, 11) is 0. The third kappa shape index (κ3) is 3.43. The normalized spacial score (nSPS) is 19.7. The van der Waals surface area contributed by atoms with Crippen molar-refractivity contribution in [3.05, 3.63) is 23.3 Å². The van der Waals surface area contributed by atoms with Crippen molar-refractivity contribution in [1.29, 1.82) is 0 Å². The second-order valence-electron chi connectivity index (χ2n) is 7.08. The number of nitrogens with zero attached hydrogens (tertiary/aromatic N) is 2. The van der Waals surface area contributed by atoms with Gasteiger partial charge in [-0.15, -0.1) is 0 Å². The van der Waals surface area contributed by atoms with E-state index < -0.39 is 0 Å². The Kier molecular flexibility index (Phi) is 4.27. The number of piperazine rings is 1. The van der Waals surface area contributed by atoms with Crippen molar-refractivity contribution in [1.82, 2.24) is 9.80 Å². The van der Waals surface area contributed by atoms with Gasteiger partial charge in [-0.2, -0.15) is 0 Å². The number of fused-ring (bicyclic) bond motifs is 1. The number of carbonyl (C=O) groups excluding carboxylic acids is 2. The van der Waals surface area contributed by atoms with Crippen molar-refractivity contribution in [3.63, 3.8) is 0 Å². The Hall–Kier alpha value is -2.24. The lowest BCUT2D eigenvalue weighted by Gasteiger charge is -2.35. The molecule has 0 atom stereocenters. The Morgan fingerprint density at radius 2 is 1.60 bits per heavy atom. The number of ether oxygens (including phenoxy) is 2. The number of amides is 2. The number of rotatable bonds is 3. The highest BCUT2D eigenvalue weighted by Gasteiger charge is 2.35. The van der Waals surface area contributed by atoms with Gasteiger partial charge >= 0.3 is 0 Å². The minimum atomic E-state index is 0.110. The van der Waals surface area contributed by atoms with Gasteiger partial charge in [0, 0.05) is 32.1 Å². The average molecular weight is 344 g/mol. The van der Waals surface area contributed by atoms with Crippen molar-refractivity contribution in [2.24, 2.45) is 5.92 Å². The minimum Gasteiger partial charge on any atom is -0.486 e. The topological polar surface area (TPSA) is 59.1 Å². The maximum absolute atomic E-state index is 12.7. The van der Waals surface area contributed by atoms with E-state index in [0.717, 1.165) is 35.5 Å². The Morgan fingerprint density at radius 3 is 2.24 bits per heavy atom. The van der Waals surface area contributed by atoms with Crippen LogP contribution in [-0.4, -0.2) is 61.0 Å². The van der Waals surface area contributed by atoms with Gasteiger partial charge in [0.2, 0.25) is 11.8 Å². The van der Waals surface area contributed by atoms with Gasteiger partial charge in [-0.05, 0) is 43.0 Å². The molecule has 4 rings (SSSR count). The van der Waals surface area contributed by atoms with Crippen LogP contribution < -0.4 is 9.47 Å². The van der Waals surface area contributed by atoms with Gasteiger partial charge in [-0.1, -0.05) is 0 Å². The summed E-state index contributed by atoms with van der Waals surface area (Å²) in [4.78, 5) is 28.5. The fourth-order valence-electron chi connectivity index (χ4n) is 3.46. The molecule has 1 aromatic rings. The van der Waals surface area contributed by atoms with E-state index >= 15 is 0 Å². The monoisotopic (exact) mass is 344 g/mol. The number of hydrogen-bond donors (Lipinski definition) is 0. The molecule has 0 spiro atoms. The molecule has 1 saturated heterocycles. The molecule has 2 amide bonds. The highest BCUT2D eigenvalue weighted by molar-refractivity contribution is 5.82. The van der Waals surface area contributed by atoms with E-state index in [4.69, 9.17) is 9.47 Å². The van der Waals surface area contributed by atoms with Crippen LogP contribution in [0.4, 0.5) is 0 Å². The number of carbonyl (C=O) groups is 2. The van der Waals surface area contributed by atoms with Crippen LogP contribution in [0, 0.1) is 12.8 Å². The molecule has 1 aliphatic carbocycles. The first-order valence-electron chi connectivity index (χ1n) is 9.07. The Morgan fingerprint density at radius 1 is 1.00 bits per heavy atom. The molecule has 1 aromatic carbocycles. The lowest BCUT2D eigenvalue weighted by atomic mass is 10.0. The van der Waals surface area contributed by atoms with Crippen LogP contribution in [0.3, 0.4) is 0 Å². The number of benzene rings is 1. The Labute approximate surface area is 147 Å². The molecule has 1 saturated carbocycles. The molecule has 6 heteroatoms. The molecule has 2 fully saturated rings. The lowest BCUT2D eigenvalue weighted by Crippen LogP contribution is -2.51. The lowest BCUT2D eigenvalue weighted by molar-refractivity contribution is -0.140. The predicted molar refractivity (Wildman–Crippen MR) is 91.8 cm³/mol. The van der Waals surface area contributed by atoms with Gasteiger partial charge in [0.05, 0.1) is 6.42 Å². The summed E-state index contributed by atoms with van der Waals surface area (Å²) < 4.78 is 11.2.